The number of halogens is 1. The molecule has 0 saturated heterocycles. The first-order chi connectivity index (χ1) is 13.3. The summed E-state index contributed by atoms with van der Waals surface area (Å²) < 4.78 is 31.9. The number of hydrogen-bond donors (Lipinski definition) is 1. The summed E-state index contributed by atoms with van der Waals surface area (Å²) in [5.74, 6) is 0.672. The Bertz CT molecular complexity index is 903. The van der Waals surface area contributed by atoms with Crippen LogP contribution in [0, 0.1) is 6.92 Å². The number of carbonyl (C=O) groups excluding carboxylic acids is 1. The standard InChI is InChI=1S/C20H25BrN2O4S/c1-16-7-3-4-10-19(16)27-14-12-22-20(24)11-6-13-23(28(2,25)26)18-9-5-8-17(21)15-18/h3-5,7-10,15H,6,11-14H2,1-2H3,(H,22,24). The first kappa shape index (κ1) is 22.2. The molecule has 0 aromatic heterocycles. The fraction of sp³-hybridized carbons (Fsp3) is 0.350. The van der Waals surface area contributed by atoms with Crippen molar-refractivity contribution in [2.75, 3.05) is 30.3 Å². The highest BCUT2D eigenvalue weighted by atomic mass is 79.9. The summed E-state index contributed by atoms with van der Waals surface area (Å²) in [4.78, 5) is 12.0. The van der Waals surface area contributed by atoms with Gasteiger partial charge >= 0.3 is 0 Å². The third kappa shape index (κ3) is 7.16. The molecule has 6 nitrogen and oxygen atoms in total. The number of sulfonamides is 1. The van der Waals surface area contributed by atoms with Crippen LogP contribution in [0.25, 0.3) is 0 Å². The predicted octanol–water partition coefficient (Wildman–Crippen LogP) is 3.50. The van der Waals surface area contributed by atoms with E-state index in [0.717, 1.165) is 22.0 Å². The highest BCUT2D eigenvalue weighted by Crippen LogP contribution is 2.22. The van der Waals surface area contributed by atoms with E-state index >= 15 is 0 Å². The van der Waals surface area contributed by atoms with Crippen LogP contribution >= 0.6 is 15.9 Å². The van der Waals surface area contributed by atoms with E-state index in [1.54, 1.807) is 18.2 Å². The Morgan fingerprint density at radius 2 is 1.93 bits per heavy atom. The van der Waals surface area contributed by atoms with Gasteiger partial charge in [0.25, 0.3) is 0 Å². The van der Waals surface area contributed by atoms with Crippen LogP contribution in [0.4, 0.5) is 5.69 Å². The number of hydrogen-bond acceptors (Lipinski definition) is 4. The number of ether oxygens (including phenoxy) is 1. The number of para-hydroxylation sites is 1. The number of rotatable bonds is 10. The number of benzene rings is 2. The molecule has 0 spiro atoms. The minimum atomic E-state index is -3.43. The molecule has 1 N–H and O–H groups in total. The minimum absolute atomic E-state index is 0.129. The average molecular weight is 469 g/mol. The third-order valence-electron chi connectivity index (χ3n) is 4.04. The van der Waals surface area contributed by atoms with Gasteiger partial charge in [-0.05, 0) is 43.2 Å². The van der Waals surface area contributed by atoms with E-state index in [1.807, 2.05) is 37.3 Å². The van der Waals surface area contributed by atoms with Crippen LogP contribution < -0.4 is 14.4 Å². The van der Waals surface area contributed by atoms with Gasteiger partial charge in [-0.1, -0.05) is 40.2 Å². The molecule has 28 heavy (non-hydrogen) atoms. The van der Waals surface area contributed by atoms with Crippen LogP contribution in [0.15, 0.2) is 53.0 Å². The molecule has 152 valence electrons. The summed E-state index contributed by atoms with van der Waals surface area (Å²) in [7, 11) is -3.43. The molecule has 0 heterocycles. The van der Waals surface area contributed by atoms with Gasteiger partial charge < -0.3 is 10.1 Å². The third-order valence-corrected chi connectivity index (χ3v) is 5.72. The summed E-state index contributed by atoms with van der Waals surface area (Å²) in [6.07, 6.45) is 1.82. The molecule has 2 aromatic rings. The molecule has 0 radical (unpaired) electrons. The molecule has 0 atom stereocenters. The molecular formula is C20H25BrN2O4S. The lowest BCUT2D eigenvalue weighted by Gasteiger charge is -2.22. The highest BCUT2D eigenvalue weighted by molar-refractivity contribution is 9.10. The van der Waals surface area contributed by atoms with Crippen molar-refractivity contribution in [3.05, 3.63) is 58.6 Å². The molecule has 0 aliphatic heterocycles. The molecule has 2 aromatic carbocycles. The zero-order chi connectivity index (χ0) is 20.6. The summed E-state index contributed by atoms with van der Waals surface area (Å²) in [5.41, 5.74) is 1.62. The molecule has 1 amide bonds. The van der Waals surface area contributed by atoms with Crippen LogP contribution in [0.1, 0.15) is 18.4 Å². The topological polar surface area (TPSA) is 75.7 Å². The maximum absolute atomic E-state index is 12.1. The van der Waals surface area contributed by atoms with Crippen LogP contribution in [0.5, 0.6) is 5.75 Å². The van der Waals surface area contributed by atoms with Gasteiger partial charge in [-0.25, -0.2) is 8.42 Å². The van der Waals surface area contributed by atoms with Gasteiger partial charge in [0.1, 0.15) is 12.4 Å². The first-order valence-electron chi connectivity index (χ1n) is 8.96. The van der Waals surface area contributed by atoms with Crippen LogP contribution in [0.2, 0.25) is 0 Å². The Labute approximate surface area is 175 Å². The van der Waals surface area contributed by atoms with Crippen molar-refractivity contribution in [2.45, 2.75) is 19.8 Å². The van der Waals surface area contributed by atoms with Crippen molar-refractivity contribution in [3.63, 3.8) is 0 Å². The summed E-state index contributed by atoms with van der Waals surface area (Å²) in [5, 5.41) is 2.79. The smallest absolute Gasteiger partial charge is 0.232 e. The molecular weight excluding hydrogens is 444 g/mol. The van der Waals surface area contributed by atoms with E-state index in [9.17, 15) is 13.2 Å². The molecule has 0 aliphatic rings. The Balaban J connectivity index is 1.76. The Morgan fingerprint density at radius 3 is 2.61 bits per heavy atom. The number of amides is 1. The Morgan fingerprint density at radius 1 is 1.18 bits per heavy atom. The van der Waals surface area contributed by atoms with E-state index in [-0.39, 0.29) is 18.9 Å². The van der Waals surface area contributed by atoms with Gasteiger partial charge in [0.05, 0.1) is 18.5 Å². The van der Waals surface area contributed by atoms with Crippen LogP contribution in [-0.2, 0) is 14.8 Å². The molecule has 0 aliphatic carbocycles. The number of aryl methyl sites for hydroxylation is 1. The number of nitrogens with zero attached hydrogens (tertiary/aromatic N) is 1. The van der Waals surface area contributed by atoms with Crippen LogP contribution in [-0.4, -0.2) is 40.3 Å². The van der Waals surface area contributed by atoms with Crippen LogP contribution in [0.3, 0.4) is 0 Å². The van der Waals surface area contributed by atoms with E-state index in [4.69, 9.17) is 4.74 Å². The van der Waals surface area contributed by atoms with Crippen molar-refractivity contribution < 1.29 is 17.9 Å². The summed E-state index contributed by atoms with van der Waals surface area (Å²) >= 11 is 3.35. The fourth-order valence-corrected chi connectivity index (χ4v) is 4.00. The van der Waals surface area contributed by atoms with Gasteiger partial charge in [-0.15, -0.1) is 0 Å². The largest absolute Gasteiger partial charge is 0.491 e. The molecule has 2 rings (SSSR count). The first-order valence-corrected chi connectivity index (χ1v) is 11.6. The van der Waals surface area contributed by atoms with Crippen molar-refractivity contribution in [3.8, 4) is 5.75 Å². The zero-order valence-corrected chi connectivity index (χ0v) is 18.4. The van der Waals surface area contributed by atoms with Crippen molar-refractivity contribution in [1.82, 2.24) is 5.32 Å². The van der Waals surface area contributed by atoms with Crippen molar-refractivity contribution in [2.24, 2.45) is 0 Å². The second-order valence-electron chi connectivity index (χ2n) is 6.38. The number of carbonyl (C=O) groups is 1. The van der Waals surface area contributed by atoms with Crippen molar-refractivity contribution in [1.29, 1.82) is 0 Å². The van der Waals surface area contributed by atoms with Crippen molar-refractivity contribution >= 4 is 37.5 Å². The van der Waals surface area contributed by atoms with Gasteiger partial charge in [0, 0.05) is 17.4 Å². The van der Waals surface area contributed by atoms with E-state index < -0.39 is 10.0 Å². The lowest BCUT2D eigenvalue weighted by atomic mass is 10.2. The maximum atomic E-state index is 12.1. The lowest BCUT2D eigenvalue weighted by Crippen LogP contribution is -2.32. The average Bonchev–Trinajstić information content (AvgIpc) is 2.62. The van der Waals surface area contributed by atoms with E-state index in [0.29, 0.717) is 25.3 Å². The quantitative estimate of drug-likeness (QED) is 0.541. The predicted molar refractivity (Wildman–Crippen MR) is 115 cm³/mol. The Hall–Kier alpha value is -2.06. The molecule has 0 bridgehead atoms. The molecule has 8 heteroatoms. The maximum Gasteiger partial charge on any atom is 0.232 e. The lowest BCUT2D eigenvalue weighted by molar-refractivity contribution is -0.121. The SMILES string of the molecule is Cc1ccccc1OCCNC(=O)CCCN(c1cccc(Br)c1)S(C)(=O)=O. The summed E-state index contributed by atoms with van der Waals surface area (Å²) in [6.45, 7) is 2.98. The van der Waals surface area contributed by atoms with E-state index in [2.05, 4.69) is 21.2 Å². The fourth-order valence-electron chi connectivity index (χ4n) is 2.66. The van der Waals surface area contributed by atoms with Gasteiger partial charge in [-0.3, -0.25) is 9.10 Å². The normalized spacial score (nSPS) is 11.1. The van der Waals surface area contributed by atoms with Gasteiger partial charge in [0.15, 0.2) is 0 Å². The molecule has 0 unspecified atom stereocenters. The number of anilines is 1. The molecule has 0 saturated carbocycles. The zero-order valence-electron chi connectivity index (χ0n) is 16.0. The van der Waals surface area contributed by atoms with E-state index in [1.165, 1.54) is 4.31 Å². The number of nitrogens with one attached hydrogen (secondary N) is 1. The second-order valence-corrected chi connectivity index (χ2v) is 9.20. The van der Waals surface area contributed by atoms with Gasteiger partial charge in [0.2, 0.25) is 15.9 Å². The minimum Gasteiger partial charge on any atom is -0.491 e. The summed E-state index contributed by atoms with van der Waals surface area (Å²) in [6, 6.07) is 14.8. The second kappa shape index (κ2) is 10.5. The highest BCUT2D eigenvalue weighted by Gasteiger charge is 2.17. The molecule has 0 fully saturated rings. The van der Waals surface area contributed by atoms with Gasteiger partial charge in [-0.2, -0.15) is 0 Å². The monoisotopic (exact) mass is 468 g/mol. The Kier molecular flexibility index (Phi) is 8.32.